The standard InChI is InChI=1S/C15H15FN2O3S/c1-9-17-11(8-22-9)3-2-4-14(19)18-13-7-10(15(20)21)5-6-12(13)16/h5-8H,2-4H2,1H3,(H,18,19)(H,20,21). The molecule has 2 aromatic rings. The van der Waals surface area contributed by atoms with E-state index in [9.17, 15) is 14.0 Å². The van der Waals surface area contributed by atoms with E-state index in [1.54, 1.807) is 11.3 Å². The van der Waals surface area contributed by atoms with Crippen LogP contribution in [0.5, 0.6) is 0 Å². The first-order valence-electron chi connectivity index (χ1n) is 6.69. The normalized spacial score (nSPS) is 10.5. The van der Waals surface area contributed by atoms with Crippen molar-refractivity contribution < 1.29 is 19.1 Å². The van der Waals surface area contributed by atoms with E-state index in [1.807, 2.05) is 12.3 Å². The van der Waals surface area contributed by atoms with Crippen LogP contribution in [0.15, 0.2) is 23.6 Å². The van der Waals surface area contributed by atoms with Crippen LogP contribution in [0.25, 0.3) is 0 Å². The minimum atomic E-state index is -1.17. The Hall–Kier alpha value is -2.28. The number of carboxylic acid groups (broad SMARTS) is 1. The number of carboxylic acids is 1. The number of carbonyl (C=O) groups is 2. The van der Waals surface area contributed by atoms with E-state index in [-0.39, 0.29) is 23.6 Å². The average molecular weight is 322 g/mol. The zero-order chi connectivity index (χ0) is 16.1. The topological polar surface area (TPSA) is 79.3 Å². The quantitative estimate of drug-likeness (QED) is 0.855. The Morgan fingerprint density at radius 2 is 2.18 bits per heavy atom. The van der Waals surface area contributed by atoms with Crippen molar-refractivity contribution in [3.8, 4) is 0 Å². The highest BCUT2D eigenvalue weighted by atomic mass is 32.1. The monoisotopic (exact) mass is 322 g/mol. The van der Waals surface area contributed by atoms with E-state index < -0.39 is 11.8 Å². The van der Waals surface area contributed by atoms with Gasteiger partial charge in [-0.25, -0.2) is 14.2 Å². The second-order valence-corrected chi connectivity index (χ2v) is 5.82. The average Bonchev–Trinajstić information content (AvgIpc) is 2.86. The van der Waals surface area contributed by atoms with E-state index in [0.717, 1.165) is 28.9 Å². The number of aryl methyl sites for hydroxylation is 2. The van der Waals surface area contributed by atoms with Gasteiger partial charge in [0.05, 0.1) is 22.0 Å². The van der Waals surface area contributed by atoms with Crippen molar-refractivity contribution in [3.63, 3.8) is 0 Å². The fourth-order valence-corrected chi connectivity index (χ4v) is 2.57. The van der Waals surface area contributed by atoms with Gasteiger partial charge >= 0.3 is 5.97 Å². The van der Waals surface area contributed by atoms with Crippen molar-refractivity contribution in [2.75, 3.05) is 5.32 Å². The Kier molecular flexibility index (Phi) is 5.21. The molecule has 1 aromatic heterocycles. The van der Waals surface area contributed by atoms with Gasteiger partial charge in [-0.3, -0.25) is 4.79 Å². The molecule has 0 unspecified atom stereocenters. The summed E-state index contributed by atoms with van der Waals surface area (Å²) in [6.07, 6.45) is 1.48. The molecule has 0 atom stereocenters. The minimum Gasteiger partial charge on any atom is -0.478 e. The van der Waals surface area contributed by atoms with Crippen molar-refractivity contribution in [2.45, 2.75) is 26.2 Å². The maximum Gasteiger partial charge on any atom is 0.335 e. The maximum atomic E-state index is 13.6. The number of thiazole rings is 1. The summed E-state index contributed by atoms with van der Waals surface area (Å²) >= 11 is 1.56. The smallest absolute Gasteiger partial charge is 0.335 e. The second kappa shape index (κ2) is 7.13. The minimum absolute atomic E-state index is 0.0744. The third-order valence-electron chi connectivity index (χ3n) is 2.99. The highest BCUT2D eigenvalue weighted by Crippen LogP contribution is 2.17. The van der Waals surface area contributed by atoms with E-state index in [2.05, 4.69) is 10.3 Å². The molecule has 0 aliphatic heterocycles. The molecule has 0 radical (unpaired) electrons. The first kappa shape index (κ1) is 16.1. The Bertz CT molecular complexity index is 700. The van der Waals surface area contributed by atoms with Crippen LogP contribution in [0.4, 0.5) is 10.1 Å². The van der Waals surface area contributed by atoms with E-state index in [0.29, 0.717) is 12.8 Å². The number of aromatic nitrogens is 1. The first-order chi connectivity index (χ1) is 10.5. The molecule has 0 bridgehead atoms. The highest BCUT2D eigenvalue weighted by molar-refractivity contribution is 7.09. The number of hydrogen-bond donors (Lipinski definition) is 2. The molecule has 0 aliphatic carbocycles. The lowest BCUT2D eigenvalue weighted by molar-refractivity contribution is -0.116. The van der Waals surface area contributed by atoms with E-state index in [1.165, 1.54) is 0 Å². The van der Waals surface area contributed by atoms with Gasteiger partial charge in [0.1, 0.15) is 5.82 Å². The summed E-state index contributed by atoms with van der Waals surface area (Å²) in [6.45, 7) is 1.92. The van der Waals surface area contributed by atoms with Gasteiger partial charge in [0, 0.05) is 11.8 Å². The van der Waals surface area contributed by atoms with Crippen LogP contribution in [-0.2, 0) is 11.2 Å². The number of hydrogen-bond acceptors (Lipinski definition) is 4. The Labute approximate surface area is 130 Å². The number of carbonyl (C=O) groups excluding carboxylic acids is 1. The predicted octanol–water partition coefficient (Wildman–Crippen LogP) is 3.25. The molecule has 116 valence electrons. The molecular formula is C15H15FN2O3S. The molecule has 2 N–H and O–H groups in total. The van der Waals surface area contributed by atoms with Gasteiger partial charge in [0.15, 0.2) is 0 Å². The molecule has 7 heteroatoms. The van der Waals surface area contributed by atoms with Gasteiger partial charge in [-0.1, -0.05) is 0 Å². The predicted molar refractivity (Wildman–Crippen MR) is 81.8 cm³/mol. The van der Waals surface area contributed by atoms with Crippen LogP contribution >= 0.6 is 11.3 Å². The van der Waals surface area contributed by atoms with E-state index >= 15 is 0 Å². The summed E-state index contributed by atoms with van der Waals surface area (Å²) < 4.78 is 13.6. The van der Waals surface area contributed by atoms with Crippen LogP contribution < -0.4 is 5.32 Å². The van der Waals surface area contributed by atoms with Crippen molar-refractivity contribution in [2.24, 2.45) is 0 Å². The molecule has 0 aliphatic rings. The van der Waals surface area contributed by atoms with Crippen LogP contribution in [0.3, 0.4) is 0 Å². The zero-order valence-corrected chi connectivity index (χ0v) is 12.7. The van der Waals surface area contributed by atoms with Gasteiger partial charge in [-0.2, -0.15) is 0 Å². The molecule has 0 saturated carbocycles. The number of halogens is 1. The second-order valence-electron chi connectivity index (χ2n) is 4.76. The van der Waals surface area contributed by atoms with Crippen molar-refractivity contribution in [1.82, 2.24) is 4.98 Å². The van der Waals surface area contributed by atoms with Crippen molar-refractivity contribution in [3.05, 3.63) is 45.7 Å². The van der Waals surface area contributed by atoms with Crippen LogP contribution in [0.2, 0.25) is 0 Å². The molecule has 5 nitrogen and oxygen atoms in total. The summed E-state index contributed by atoms with van der Waals surface area (Å²) in [7, 11) is 0. The number of nitrogens with zero attached hydrogens (tertiary/aromatic N) is 1. The number of nitrogens with one attached hydrogen (secondary N) is 1. The first-order valence-corrected chi connectivity index (χ1v) is 7.57. The lowest BCUT2D eigenvalue weighted by Crippen LogP contribution is -2.13. The Morgan fingerprint density at radius 3 is 2.82 bits per heavy atom. The summed E-state index contributed by atoms with van der Waals surface area (Å²) in [4.78, 5) is 26.9. The molecule has 1 aromatic carbocycles. The maximum absolute atomic E-state index is 13.6. The number of anilines is 1. The Morgan fingerprint density at radius 1 is 1.41 bits per heavy atom. The lowest BCUT2D eigenvalue weighted by Gasteiger charge is -2.07. The van der Waals surface area contributed by atoms with Crippen LogP contribution in [-0.4, -0.2) is 22.0 Å². The van der Waals surface area contributed by atoms with Gasteiger partial charge < -0.3 is 10.4 Å². The van der Waals surface area contributed by atoms with E-state index in [4.69, 9.17) is 5.11 Å². The number of benzene rings is 1. The SMILES string of the molecule is Cc1nc(CCCC(=O)Nc2cc(C(=O)O)ccc2F)cs1. The highest BCUT2D eigenvalue weighted by Gasteiger charge is 2.11. The Balaban J connectivity index is 1.89. The molecule has 0 spiro atoms. The summed E-state index contributed by atoms with van der Waals surface area (Å²) in [5, 5.41) is 14.2. The molecule has 22 heavy (non-hydrogen) atoms. The third kappa shape index (κ3) is 4.36. The molecule has 0 saturated heterocycles. The van der Waals surface area contributed by atoms with Gasteiger partial charge in [-0.05, 0) is 38.0 Å². The number of aromatic carboxylic acids is 1. The molecule has 1 heterocycles. The third-order valence-corrected chi connectivity index (χ3v) is 3.81. The molecule has 1 amide bonds. The summed E-state index contributed by atoms with van der Waals surface area (Å²) in [5.74, 6) is -2.18. The summed E-state index contributed by atoms with van der Waals surface area (Å²) in [6, 6.07) is 3.29. The fraction of sp³-hybridized carbons (Fsp3) is 0.267. The van der Waals surface area contributed by atoms with Crippen LogP contribution in [0, 0.1) is 12.7 Å². The van der Waals surface area contributed by atoms with Gasteiger partial charge in [0.2, 0.25) is 5.91 Å². The molecule has 0 fully saturated rings. The zero-order valence-electron chi connectivity index (χ0n) is 11.9. The molecular weight excluding hydrogens is 307 g/mol. The van der Waals surface area contributed by atoms with Gasteiger partial charge in [0.25, 0.3) is 0 Å². The van der Waals surface area contributed by atoms with Crippen LogP contribution in [0.1, 0.15) is 33.9 Å². The number of rotatable bonds is 6. The summed E-state index contributed by atoms with van der Waals surface area (Å²) in [5.41, 5.74) is 0.749. The largest absolute Gasteiger partial charge is 0.478 e. The lowest BCUT2D eigenvalue weighted by atomic mass is 10.1. The van der Waals surface area contributed by atoms with Crippen molar-refractivity contribution in [1.29, 1.82) is 0 Å². The van der Waals surface area contributed by atoms with Crippen molar-refractivity contribution >= 4 is 28.9 Å². The molecule has 2 rings (SSSR count). The van der Waals surface area contributed by atoms with Gasteiger partial charge in [-0.15, -0.1) is 11.3 Å². The number of amides is 1. The fourth-order valence-electron chi connectivity index (χ4n) is 1.92.